The molecule has 0 fully saturated rings. The third-order valence-electron chi connectivity index (χ3n) is 4.00. The Morgan fingerprint density at radius 3 is 1.00 bits per heavy atom. The molecule has 93 valence electrons. The zero-order valence-corrected chi connectivity index (χ0v) is 14.2. The van der Waals surface area contributed by atoms with Gasteiger partial charge in [0.1, 0.15) is 0 Å². The van der Waals surface area contributed by atoms with E-state index in [4.69, 9.17) is 0 Å². The Kier molecular flexibility index (Phi) is 2.89. The first-order valence-corrected chi connectivity index (χ1v) is 8.23. The molecule has 0 heterocycles. The third kappa shape index (κ3) is 1.78. The van der Waals surface area contributed by atoms with Gasteiger partial charge in [-0.25, -0.2) is 0 Å². The molecule has 0 N–H and O–H groups in total. The van der Waals surface area contributed by atoms with Gasteiger partial charge in [-0.2, -0.15) is 0 Å². The van der Waals surface area contributed by atoms with Gasteiger partial charge < -0.3 is 0 Å². The predicted molar refractivity (Wildman–Crippen MR) is 95.1 cm³/mol. The van der Waals surface area contributed by atoms with E-state index in [1.54, 1.807) is 0 Å². The lowest BCUT2D eigenvalue weighted by atomic mass is 9.94. The molecule has 0 nitrogen and oxygen atoms in total. The second-order valence-electron chi connectivity index (χ2n) is 5.18. The number of benzene rings is 4. The first kappa shape index (κ1) is 13.0. The van der Waals surface area contributed by atoms with Crippen molar-refractivity contribution in [3.05, 3.63) is 54.6 Å². The zero-order valence-electron chi connectivity index (χ0n) is 11.2. The largest absolute Gasteiger partial charge is 0.0720 e. The highest BCUT2D eigenvalue weighted by atomic mass is 28.2. The molecule has 0 aliphatic rings. The van der Waals surface area contributed by atoms with Crippen LogP contribution >= 0.6 is 0 Å². The van der Waals surface area contributed by atoms with Crippen molar-refractivity contribution >= 4 is 78.6 Å². The molecule has 9 radical (unpaired) electrons. The molecule has 0 saturated heterocycles. The van der Waals surface area contributed by atoms with Gasteiger partial charge in [0.2, 0.25) is 0 Å². The van der Waals surface area contributed by atoms with Crippen molar-refractivity contribution in [2.45, 2.75) is 0 Å². The molecule has 4 aromatic carbocycles. The van der Waals surface area contributed by atoms with E-state index >= 15 is 0 Å². The molecule has 0 saturated carbocycles. The highest BCUT2D eigenvalue weighted by molar-refractivity contribution is 6.51. The zero-order chi connectivity index (χ0) is 14.6. The number of rotatable bonds is 0. The fourth-order valence-electron chi connectivity index (χ4n) is 3.15. The quantitative estimate of drug-likeness (QED) is 0.341. The molecule has 0 aromatic heterocycles. The van der Waals surface area contributed by atoms with Gasteiger partial charge in [0.25, 0.3) is 0 Å². The first-order chi connectivity index (χ1) is 10.2. The van der Waals surface area contributed by atoms with Gasteiger partial charge >= 0.3 is 0 Å². The van der Waals surface area contributed by atoms with Gasteiger partial charge in [0.05, 0.1) is 30.7 Å². The summed E-state index contributed by atoms with van der Waals surface area (Å²) in [5.74, 6) is 0. The van der Waals surface area contributed by atoms with Gasteiger partial charge in [-0.05, 0) is 32.3 Å². The van der Waals surface area contributed by atoms with Crippen molar-refractivity contribution in [2.75, 3.05) is 0 Å². The summed E-state index contributed by atoms with van der Waals surface area (Å²) in [5, 5.41) is 10.9. The topological polar surface area (TPSA) is 0 Å². The van der Waals surface area contributed by atoms with Crippen LogP contribution in [0, 0.1) is 0 Å². The maximum Gasteiger partial charge on any atom is 0.0720 e. The van der Waals surface area contributed by atoms with E-state index in [0.717, 1.165) is 15.6 Å². The summed E-state index contributed by atoms with van der Waals surface area (Å²) in [4.78, 5) is 0. The minimum absolute atomic E-state index is 1.12. The molecule has 0 aliphatic carbocycles. The maximum atomic E-state index is 3.78. The van der Waals surface area contributed by atoms with Gasteiger partial charge in [-0.1, -0.05) is 70.2 Å². The van der Waals surface area contributed by atoms with E-state index < -0.39 is 0 Å². The molecule has 3 heteroatoms. The average Bonchev–Trinajstić information content (AvgIpc) is 2.47. The van der Waals surface area contributed by atoms with Crippen molar-refractivity contribution in [3.8, 4) is 0 Å². The molecule has 0 unspecified atom stereocenters. The van der Waals surface area contributed by atoms with Crippen LogP contribution in [0.4, 0.5) is 0 Å². The minimum Gasteiger partial charge on any atom is -0.0632 e. The van der Waals surface area contributed by atoms with Crippen LogP contribution in [0.15, 0.2) is 54.6 Å². The second-order valence-corrected chi connectivity index (χ2v) is 6.80. The molecule has 0 aliphatic heterocycles. The Morgan fingerprint density at radius 1 is 0.429 bits per heavy atom. The lowest BCUT2D eigenvalue weighted by Crippen LogP contribution is -2.12. The highest BCUT2D eigenvalue weighted by Crippen LogP contribution is 2.31. The van der Waals surface area contributed by atoms with Gasteiger partial charge in [-0.15, -0.1) is 0 Å². The van der Waals surface area contributed by atoms with Crippen LogP contribution in [-0.2, 0) is 0 Å². The Morgan fingerprint density at radius 2 is 0.714 bits per heavy atom. The van der Waals surface area contributed by atoms with Crippen LogP contribution in [0.5, 0.6) is 0 Å². The standard InChI is InChI=1S/C18H9Si3/c19-13-7-1-4-10-16(13)11-5-2-9-15(21)18(11)12-6-3-8-14(20)17(10)12/h1-9H. The first-order valence-electron chi connectivity index (χ1n) is 6.73. The number of hydrogen-bond donors (Lipinski definition) is 0. The minimum atomic E-state index is 1.12. The summed E-state index contributed by atoms with van der Waals surface area (Å²) in [6, 6.07) is 19.1. The highest BCUT2D eigenvalue weighted by Gasteiger charge is 2.12. The fourth-order valence-corrected chi connectivity index (χ4v) is 4.25. The molecule has 0 spiro atoms. The second kappa shape index (κ2) is 4.66. The molecule has 0 atom stereocenters. The fraction of sp³-hybridized carbons (Fsp3) is 0. The van der Waals surface area contributed by atoms with E-state index in [9.17, 15) is 0 Å². The molecule has 4 aromatic rings. The molecule has 21 heavy (non-hydrogen) atoms. The summed E-state index contributed by atoms with van der Waals surface area (Å²) >= 11 is 0. The van der Waals surface area contributed by atoms with Crippen molar-refractivity contribution in [3.63, 3.8) is 0 Å². The Balaban J connectivity index is 2.51. The molecular formula is C18H9Si3. The van der Waals surface area contributed by atoms with Gasteiger partial charge in [-0.3, -0.25) is 0 Å². The van der Waals surface area contributed by atoms with Crippen LogP contribution < -0.4 is 15.6 Å². The molecule has 0 bridgehead atoms. The van der Waals surface area contributed by atoms with Gasteiger partial charge in [0.15, 0.2) is 0 Å². The number of fused-ring (bicyclic) bond motifs is 6. The maximum absolute atomic E-state index is 3.78. The lowest BCUT2D eigenvalue weighted by molar-refractivity contribution is 1.83. The van der Waals surface area contributed by atoms with Crippen molar-refractivity contribution in [1.29, 1.82) is 0 Å². The van der Waals surface area contributed by atoms with E-state index in [0.29, 0.717) is 0 Å². The monoisotopic (exact) mass is 309 g/mol. The van der Waals surface area contributed by atoms with Crippen LogP contribution in [-0.4, -0.2) is 30.7 Å². The van der Waals surface area contributed by atoms with Crippen LogP contribution in [0.25, 0.3) is 32.3 Å². The van der Waals surface area contributed by atoms with Crippen molar-refractivity contribution in [1.82, 2.24) is 0 Å². The Bertz CT molecular complexity index is 856. The van der Waals surface area contributed by atoms with Gasteiger partial charge in [0, 0.05) is 0 Å². The van der Waals surface area contributed by atoms with Crippen molar-refractivity contribution in [2.24, 2.45) is 0 Å². The summed E-state index contributed by atoms with van der Waals surface area (Å²) in [7, 11) is 11.3. The summed E-state index contributed by atoms with van der Waals surface area (Å²) < 4.78 is 0. The van der Waals surface area contributed by atoms with E-state index in [2.05, 4.69) is 85.3 Å². The molecule has 0 amide bonds. The van der Waals surface area contributed by atoms with Crippen LogP contribution in [0.2, 0.25) is 0 Å². The van der Waals surface area contributed by atoms with Crippen LogP contribution in [0.3, 0.4) is 0 Å². The normalized spacial score (nSPS) is 11.6. The predicted octanol–water partition coefficient (Wildman–Crippen LogP) is 1.53. The third-order valence-corrected chi connectivity index (χ3v) is 5.25. The molecular weight excluding hydrogens is 300 g/mol. The Hall–Kier alpha value is -1.69. The SMILES string of the molecule is [Si]c1cccc2c1c1cccc([Si])c1c1cccc([Si])c21. The molecule has 4 rings (SSSR count). The van der Waals surface area contributed by atoms with E-state index in [-0.39, 0.29) is 0 Å². The lowest BCUT2D eigenvalue weighted by Gasteiger charge is -2.15. The van der Waals surface area contributed by atoms with E-state index in [1.165, 1.54) is 32.3 Å². The van der Waals surface area contributed by atoms with Crippen molar-refractivity contribution < 1.29 is 0 Å². The van der Waals surface area contributed by atoms with Crippen LogP contribution in [0.1, 0.15) is 0 Å². The smallest absolute Gasteiger partial charge is 0.0632 e. The number of hydrogen-bond acceptors (Lipinski definition) is 0. The van der Waals surface area contributed by atoms with E-state index in [1.807, 2.05) is 0 Å². The Labute approximate surface area is 133 Å². The summed E-state index contributed by atoms with van der Waals surface area (Å²) in [6.45, 7) is 0. The summed E-state index contributed by atoms with van der Waals surface area (Å²) in [5.41, 5.74) is 0. The average molecular weight is 310 g/mol. The summed E-state index contributed by atoms with van der Waals surface area (Å²) in [6.07, 6.45) is 0.